The number of aromatic amines is 1. The fourth-order valence-corrected chi connectivity index (χ4v) is 1.55. The Bertz CT molecular complexity index is 374. The van der Waals surface area contributed by atoms with Gasteiger partial charge in [-0.2, -0.15) is 5.10 Å². The molecule has 0 unspecified atom stereocenters. The van der Waals surface area contributed by atoms with Crippen molar-refractivity contribution in [3.63, 3.8) is 0 Å². The van der Waals surface area contributed by atoms with Crippen molar-refractivity contribution in [3.05, 3.63) is 23.7 Å². The number of H-pyrrole nitrogens is 1. The van der Waals surface area contributed by atoms with Gasteiger partial charge >= 0.3 is 0 Å². The third-order valence-electron chi connectivity index (χ3n) is 2.33. The van der Waals surface area contributed by atoms with Crippen LogP contribution in [0.15, 0.2) is 17.4 Å². The highest BCUT2D eigenvalue weighted by Gasteiger charge is 2.11. The summed E-state index contributed by atoms with van der Waals surface area (Å²) in [5.41, 5.74) is 9.67. The molecular weight excluding hydrogens is 188 g/mol. The van der Waals surface area contributed by atoms with Crippen LogP contribution in [0.1, 0.15) is 31.0 Å². The Morgan fingerprint density at radius 1 is 1.67 bits per heavy atom. The number of nitrogens with two attached hydrogens (primary N) is 1. The summed E-state index contributed by atoms with van der Waals surface area (Å²) in [5.74, 6) is 0. The first-order valence-electron chi connectivity index (χ1n) is 5.12. The Labute approximate surface area is 90.3 Å². The summed E-state index contributed by atoms with van der Waals surface area (Å²) in [6.07, 6.45) is 5.37. The van der Waals surface area contributed by atoms with Crippen LogP contribution in [0, 0.1) is 6.92 Å². The molecule has 3 N–H and O–H groups in total. The van der Waals surface area contributed by atoms with Gasteiger partial charge in [0.25, 0.3) is 0 Å². The first-order chi connectivity index (χ1) is 7.24. The van der Waals surface area contributed by atoms with E-state index in [9.17, 15) is 0 Å². The van der Waals surface area contributed by atoms with Gasteiger partial charge in [0, 0.05) is 24.5 Å². The maximum absolute atomic E-state index is 5.65. The highest BCUT2D eigenvalue weighted by Crippen LogP contribution is 2.18. The number of hydrogen-bond donors (Lipinski definition) is 2. The zero-order valence-corrected chi connectivity index (χ0v) is 9.54. The molecule has 4 heteroatoms. The SMILES string of the molecule is CCCC(=NC)/C(=C\N)c1[nH]ncc1C. The average molecular weight is 206 g/mol. The van der Waals surface area contributed by atoms with Gasteiger partial charge in [0.2, 0.25) is 0 Å². The molecule has 0 saturated carbocycles. The van der Waals surface area contributed by atoms with E-state index in [-0.39, 0.29) is 0 Å². The lowest BCUT2D eigenvalue weighted by molar-refractivity contribution is 0.991. The van der Waals surface area contributed by atoms with E-state index in [1.165, 1.54) is 0 Å². The molecule has 1 rings (SSSR count). The van der Waals surface area contributed by atoms with E-state index in [0.29, 0.717) is 0 Å². The minimum Gasteiger partial charge on any atom is -0.404 e. The van der Waals surface area contributed by atoms with Crippen molar-refractivity contribution in [2.24, 2.45) is 10.7 Å². The maximum Gasteiger partial charge on any atom is 0.0711 e. The third kappa shape index (κ3) is 2.46. The number of aryl methyl sites for hydroxylation is 1. The van der Waals surface area contributed by atoms with Crippen LogP contribution in [-0.2, 0) is 0 Å². The smallest absolute Gasteiger partial charge is 0.0711 e. The van der Waals surface area contributed by atoms with E-state index >= 15 is 0 Å². The van der Waals surface area contributed by atoms with Crippen LogP contribution < -0.4 is 5.73 Å². The summed E-state index contributed by atoms with van der Waals surface area (Å²) in [6.45, 7) is 4.13. The van der Waals surface area contributed by atoms with Gasteiger partial charge in [-0.3, -0.25) is 10.1 Å². The van der Waals surface area contributed by atoms with Crippen LogP contribution in [0.5, 0.6) is 0 Å². The normalized spacial score (nSPS) is 13.3. The second kappa shape index (κ2) is 5.34. The van der Waals surface area contributed by atoms with Crippen molar-refractivity contribution >= 4 is 11.3 Å². The Hall–Kier alpha value is -1.58. The first kappa shape index (κ1) is 11.5. The van der Waals surface area contributed by atoms with E-state index in [4.69, 9.17) is 5.73 Å². The molecule has 0 atom stereocenters. The minimum absolute atomic E-state index is 0.929. The molecule has 0 saturated heterocycles. The monoisotopic (exact) mass is 206 g/mol. The second-order valence-corrected chi connectivity index (χ2v) is 3.43. The molecule has 0 fully saturated rings. The lowest BCUT2D eigenvalue weighted by atomic mass is 10.0. The van der Waals surface area contributed by atoms with Crippen LogP contribution in [0.4, 0.5) is 0 Å². The predicted molar refractivity (Wildman–Crippen MR) is 63.8 cm³/mol. The molecular formula is C11H18N4. The molecule has 0 aliphatic rings. The van der Waals surface area contributed by atoms with Crippen molar-refractivity contribution in [2.45, 2.75) is 26.7 Å². The van der Waals surface area contributed by atoms with Crippen LogP contribution in [-0.4, -0.2) is 23.0 Å². The summed E-state index contributed by atoms with van der Waals surface area (Å²) in [7, 11) is 1.79. The van der Waals surface area contributed by atoms with E-state index < -0.39 is 0 Å². The molecule has 1 heterocycles. The van der Waals surface area contributed by atoms with Gasteiger partial charge in [-0.15, -0.1) is 0 Å². The number of nitrogens with zero attached hydrogens (tertiary/aromatic N) is 2. The average Bonchev–Trinajstić information content (AvgIpc) is 2.65. The van der Waals surface area contributed by atoms with Gasteiger partial charge in [0.05, 0.1) is 11.9 Å². The molecule has 0 radical (unpaired) electrons. The molecule has 0 bridgehead atoms. The lowest BCUT2D eigenvalue weighted by Crippen LogP contribution is -2.06. The van der Waals surface area contributed by atoms with Gasteiger partial charge in [-0.05, 0) is 18.9 Å². The molecule has 1 aromatic rings. The topological polar surface area (TPSA) is 67.1 Å². The standard InChI is InChI=1S/C11H18N4/c1-4-5-10(13-3)9(6-12)11-8(2)7-14-15-11/h6-7H,4-5,12H2,1-3H3,(H,14,15)/b9-6+,13-10?. The highest BCUT2D eigenvalue weighted by atomic mass is 15.1. The van der Waals surface area contributed by atoms with Crippen molar-refractivity contribution in [3.8, 4) is 0 Å². The van der Waals surface area contributed by atoms with Gasteiger partial charge in [-0.1, -0.05) is 13.3 Å². The molecule has 0 aliphatic carbocycles. The molecule has 0 aromatic carbocycles. The zero-order chi connectivity index (χ0) is 11.3. The van der Waals surface area contributed by atoms with Crippen molar-refractivity contribution in [1.29, 1.82) is 0 Å². The molecule has 1 aromatic heterocycles. The summed E-state index contributed by atoms with van der Waals surface area (Å²) in [5, 5.41) is 6.94. The molecule has 0 amide bonds. The van der Waals surface area contributed by atoms with Crippen LogP contribution in [0.3, 0.4) is 0 Å². The van der Waals surface area contributed by atoms with Gasteiger partial charge in [0.1, 0.15) is 0 Å². The van der Waals surface area contributed by atoms with Crippen molar-refractivity contribution in [1.82, 2.24) is 10.2 Å². The molecule has 82 valence electrons. The van der Waals surface area contributed by atoms with Crippen LogP contribution in [0.25, 0.3) is 5.57 Å². The maximum atomic E-state index is 5.65. The van der Waals surface area contributed by atoms with E-state index in [1.54, 1.807) is 19.4 Å². The van der Waals surface area contributed by atoms with Gasteiger partial charge in [-0.25, -0.2) is 0 Å². The second-order valence-electron chi connectivity index (χ2n) is 3.43. The first-order valence-corrected chi connectivity index (χ1v) is 5.12. The molecule has 4 nitrogen and oxygen atoms in total. The van der Waals surface area contributed by atoms with E-state index in [1.807, 2.05) is 6.92 Å². The minimum atomic E-state index is 0.929. The Balaban J connectivity index is 3.05. The quantitative estimate of drug-likeness (QED) is 0.739. The van der Waals surface area contributed by atoms with Crippen LogP contribution >= 0.6 is 0 Å². The van der Waals surface area contributed by atoms with Crippen molar-refractivity contribution < 1.29 is 0 Å². The summed E-state index contributed by atoms with van der Waals surface area (Å²) < 4.78 is 0. The Morgan fingerprint density at radius 2 is 2.40 bits per heavy atom. The number of allylic oxidation sites excluding steroid dienone is 1. The largest absolute Gasteiger partial charge is 0.404 e. The number of hydrogen-bond acceptors (Lipinski definition) is 3. The zero-order valence-electron chi connectivity index (χ0n) is 9.54. The summed E-state index contributed by atoms with van der Waals surface area (Å²) in [4.78, 5) is 4.27. The summed E-state index contributed by atoms with van der Waals surface area (Å²) >= 11 is 0. The van der Waals surface area contributed by atoms with Crippen molar-refractivity contribution in [2.75, 3.05) is 7.05 Å². The fourth-order valence-electron chi connectivity index (χ4n) is 1.55. The van der Waals surface area contributed by atoms with E-state index in [0.717, 1.165) is 35.4 Å². The number of nitrogens with one attached hydrogen (secondary N) is 1. The molecule has 0 aliphatic heterocycles. The van der Waals surface area contributed by atoms with E-state index in [2.05, 4.69) is 22.1 Å². The number of rotatable bonds is 4. The van der Waals surface area contributed by atoms with Crippen LogP contribution in [0.2, 0.25) is 0 Å². The summed E-state index contributed by atoms with van der Waals surface area (Å²) in [6, 6.07) is 0. The highest BCUT2D eigenvalue weighted by molar-refractivity contribution is 6.23. The molecule has 0 spiro atoms. The lowest BCUT2D eigenvalue weighted by Gasteiger charge is -2.08. The Morgan fingerprint density at radius 3 is 2.80 bits per heavy atom. The predicted octanol–water partition coefficient (Wildman–Crippen LogP) is 1.89. The third-order valence-corrected chi connectivity index (χ3v) is 2.33. The van der Waals surface area contributed by atoms with Gasteiger partial charge < -0.3 is 5.73 Å². The fraction of sp³-hybridized carbons (Fsp3) is 0.455. The number of aliphatic imine (C=N–C) groups is 1. The molecule has 15 heavy (non-hydrogen) atoms. The van der Waals surface area contributed by atoms with Gasteiger partial charge in [0.15, 0.2) is 0 Å². The Kier molecular flexibility index (Phi) is 4.09. The number of aromatic nitrogens is 2.